The van der Waals surface area contributed by atoms with Gasteiger partial charge in [-0.2, -0.15) is 0 Å². The topological polar surface area (TPSA) is 258 Å². The fourth-order valence-electron chi connectivity index (χ4n) is 10.7. The monoisotopic (exact) mass is 1370 g/mol. The molecule has 100 heavy (non-hydrogen) atoms. The molecule has 2 heterocycles. The lowest BCUT2D eigenvalue weighted by atomic mass is 9.96. The molecule has 2 aliphatic rings. The minimum atomic E-state index is -4.10. The van der Waals surface area contributed by atoms with Gasteiger partial charge in [0.05, 0.1) is 57.1 Å². The molecular weight excluding hydrogens is 1300 g/mol. The zero-order valence-electron chi connectivity index (χ0n) is 53.7. The molecule has 2 fully saturated rings. The van der Waals surface area contributed by atoms with Crippen molar-refractivity contribution < 1.29 is 94.1 Å². The lowest BCUT2D eigenvalue weighted by molar-refractivity contribution is -0.329. The molecule has 0 N–H and O–H groups in total. The highest BCUT2D eigenvalue weighted by Gasteiger charge is 2.57. The number of carbonyl (C=O) groups is 7. The number of esters is 7. The molecule has 0 bridgehead atoms. The Balaban J connectivity index is 1.02. The van der Waals surface area contributed by atoms with Crippen LogP contribution in [0, 0.1) is 18.9 Å². The second kappa shape index (κ2) is 33.1. The SMILES string of the molecule is Cc1ccc(S(=O)(=O)N(C)C#Cc2ccccc2COC2O[C@H](CO[C@@H]3O[C@H](COC(=O)c4ccccc4)[C@@H](OC(=O)c4ccccc4)[C@H](OC(=O)c4ccccc4)[C@H]3OC(=O)c3ccccc3)[C@@H](OC(=O)c3ccccc3)[C@H](OC(=O)c3ccccc3)[C@H]2OC(=O)c2ccccc2)cc1. The van der Waals surface area contributed by atoms with Crippen LogP contribution in [0.3, 0.4) is 0 Å². The molecule has 1 unspecified atom stereocenters. The summed E-state index contributed by atoms with van der Waals surface area (Å²) in [6.45, 7) is -0.187. The number of sulfonamides is 1. The van der Waals surface area contributed by atoms with Gasteiger partial charge in [-0.25, -0.2) is 46.3 Å². The van der Waals surface area contributed by atoms with E-state index in [9.17, 15) is 42.0 Å². The molecule has 11 rings (SSSR count). The van der Waals surface area contributed by atoms with E-state index in [-0.39, 0.29) is 49.4 Å². The third-order valence-electron chi connectivity index (χ3n) is 16.0. The zero-order chi connectivity index (χ0) is 70.0. The Morgan fingerprint density at radius 2 is 0.680 bits per heavy atom. The van der Waals surface area contributed by atoms with Gasteiger partial charge in [0.1, 0.15) is 18.8 Å². The fraction of sp³-hybridized carbons (Fsp3) is 0.192. The number of rotatable bonds is 23. The van der Waals surface area contributed by atoms with Crippen molar-refractivity contribution in [3.8, 4) is 12.0 Å². The van der Waals surface area contributed by atoms with Gasteiger partial charge >= 0.3 is 41.8 Å². The van der Waals surface area contributed by atoms with Gasteiger partial charge in [-0.15, -0.1) is 0 Å². The summed E-state index contributed by atoms with van der Waals surface area (Å²) in [5, 5.41) is 0. The third-order valence-corrected chi connectivity index (χ3v) is 17.6. The highest BCUT2D eigenvalue weighted by atomic mass is 32.2. The first-order valence-corrected chi connectivity index (χ1v) is 33.0. The summed E-state index contributed by atoms with van der Waals surface area (Å²) in [7, 11) is -2.80. The maximum atomic E-state index is 14.7. The molecular formula is C78H65NO20S. The van der Waals surface area contributed by atoms with Crippen LogP contribution in [0.1, 0.15) is 89.2 Å². The van der Waals surface area contributed by atoms with Crippen LogP contribution in [-0.2, 0) is 68.7 Å². The Bertz CT molecular complexity index is 4470. The molecule has 22 heteroatoms. The van der Waals surface area contributed by atoms with Gasteiger partial charge in [-0.3, -0.25) is 0 Å². The largest absolute Gasteiger partial charge is 0.459 e. The summed E-state index contributed by atoms with van der Waals surface area (Å²) in [6, 6.07) is 70.0. The van der Waals surface area contributed by atoms with Crippen molar-refractivity contribution in [2.75, 3.05) is 20.3 Å². The van der Waals surface area contributed by atoms with Gasteiger partial charge in [-0.05, 0) is 122 Å². The second-order valence-corrected chi connectivity index (χ2v) is 24.8. The molecule has 21 nitrogen and oxygen atoms in total. The number of benzene rings is 9. The molecule has 9 aromatic carbocycles. The van der Waals surface area contributed by atoms with Crippen molar-refractivity contribution in [3.05, 3.63) is 316 Å². The van der Waals surface area contributed by atoms with Gasteiger partial charge < -0.3 is 52.1 Å². The van der Waals surface area contributed by atoms with Crippen molar-refractivity contribution in [2.24, 2.45) is 0 Å². The van der Waals surface area contributed by atoms with Crippen LogP contribution in [0.15, 0.2) is 266 Å². The van der Waals surface area contributed by atoms with E-state index in [0.29, 0.717) is 5.56 Å². The Morgan fingerprint density at radius 3 is 1.06 bits per heavy atom. The molecule has 2 saturated heterocycles. The minimum absolute atomic E-state index is 0.000597. The molecule has 10 atom stereocenters. The van der Waals surface area contributed by atoms with Crippen LogP contribution >= 0.6 is 0 Å². The summed E-state index contributed by atoms with van der Waals surface area (Å²) in [4.78, 5) is 102. The summed E-state index contributed by atoms with van der Waals surface area (Å²) >= 11 is 0. The Labute approximate surface area is 576 Å². The third kappa shape index (κ3) is 17.6. The van der Waals surface area contributed by atoms with Crippen molar-refractivity contribution in [1.29, 1.82) is 0 Å². The normalized spacial score (nSPS) is 20.1. The summed E-state index contributed by atoms with van der Waals surface area (Å²) in [5.74, 6) is -3.84. The maximum absolute atomic E-state index is 14.7. The number of hydrogen-bond acceptors (Lipinski definition) is 20. The smallest absolute Gasteiger partial charge is 0.338 e. The Morgan fingerprint density at radius 1 is 0.370 bits per heavy atom. The van der Waals surface area contributed by atoms with Crippen molar-refractivity contribution in [3.63, 3.8) is 0 Å². The summed E-state index contributed by atoms with van der Waals surface area (Å²) < 4.78 is 99.3. The Hall–Kier alpha value is -11.6. The first-order chi connectivity index (χ1) is 48.6. The molecule has 9 aromatic rings. The average molecular weight is 1370 g/mol. The van der Waals surface area contributed by atoms with Gasteiger partial charge in [0, 0.05) is 18.7 Å². The van der Waals surface area contributed by atoms with E-state index in [0.717, 1.165) is 9.87 Å². The molecule has 0 aliphatic carbocycles. The van der Waals surface area contributed by atoms with Gasteiger partial charge in [0.2, 0.25) is 0 Å². The molecule has 508 valence electrons. The molecule has 0 saturated carbocycles. The predicted molar refractivity (Wildman–Crippen MR) is 358 cm³/mol. The van der Waals surface area contributed by atoms with E-state index in [1.807, 2.05) is 6.92 Å². The van der Waals surface area contributed by atoms with Gasteiger partial charge in [-0.1, -0.05) is 163 Å². The molecule has 0 amide bonds. The van der Waals surface area contributed by atoms with E-state index in [1.165, 1.54) is 104 Å². The fourth-order valence-corrected chi connectivity index (χ4v) is 11.7. The van der Waals surface area contributed by atoms with E-state index < -0.39 is 133 Å². The number of nitrogens with zero attached hydrogens (tertiary/aromatic N) is 1. The first-order valence-electron chi connectivity index (χ1n) is 31.6. The van der Waals surface area contributed by atoms with Crippen molar-refractivity contribution in [2.45, 2.75) is 79.8 Å². The van der Waals surface area contributed by atoms with E-state index in [2.05, 4.69) is 12.0 Å². The van der Waals surface area contributed by atoms with Crippen LogP contribution in [-0.4, -0.2) is 136 Å². The standard InChI is InChI=1S/C78H65NO20S/c1-51-42-44-61(45-43-51)100(87,88)79(2)47-46-52-26-24-25-41-60(52)48-90-77-68(98-75(85)58-37-20-8-21-38-58)67(97-74(84)57-35-18-7-19-36-57)65(95-72(82)55-31-14-5-15-32-55)63(93-77)50-91-78-69(99-76(86)59-39-22-9-23-40-59)66(96-73(83)56-33-16-6-17-34-56)64(94-71(81)54-29-12-4-13-30-54)62(92-78)49-89-70(80)53-27-10-3-11-28-53/h3-45,62-69,77-78H,48-50H2,1-2H3/t62-,63-,64-,65-,66+,67+,68-,69-,77?,78-/m1/s1. The molecule has 2 aliphatic heterocycles. The Kier molecular flexibility index (Phi) is 23.1. The molecule has 0 spiro atoms. The van der Waals surface area contributed by atoms with Crippen LogP contribution in [0.5, 0.6) is 0 Å². The van der Waals surface area contributed by atoms with E-state index in [4.69, 9.17) is 52.1 Å². The van der Waals surface area contributed by atoms with E-state index >= 15 is 0 Å². The number of hydrogen-bond donors (Lipinski definition) is 0. The van der Waals surface area contributed by atoms with Crippen LogP contribution < -0.4 is 0 Å². The van der Waals surface area contributed by atoms with Gasteiger partial charge in [0.25, 0.3) is 10.0 Å². The maximum Gasteiger partial charge on any atom is 0.338 e. The number of ether oxygens (including phenoxy) is 11. The van der Waals surface area contributed by atoms with Crippen LogP contribution in [0.4, 0.5) is 0 Å². The summed E-state index contributed by atoms with van der Waals surface area (Å²) in [6.07, 6.45) is -18.4. The number of aryl methyl sites for hydroxylation is 1. The highest BCUT2D eigenvalue weighted by molar-refractivity contribution is 7.89. The van der Waals surface area contributed by atoms with Crippen molar-refractivity contribution in [1.82, 2.24) is 4.31 Å². The van der Waals surface area contributed by atoms with Crippen LogP contribution in [0.25, 0.3) is 0 Å². The lowest BCUT2D eigenvalue weighted by Gasteiger charge is -2.46. The lowest BCUT2D eigenvalue weighted by Crippen LogP contribution is -2.65. The summed E-state index contributed by atoms with van der Waals surface area (Å²) in [5.41, 5.74) is 1.72. The predicted octanol–water partition coefficient (Wildman–Crippen LogP) is 10.8. The van der Waals surface area contributed by atoms with Crippen molar-refractivity contribution >= 4 is 51.8 Å². The molecule has 0 radical (unpaired) electrons. The molecule has 0 aromatic heterocycles. The van der Waals surface area contributed by atoms with E-state index in [1.54, 1.807) is 164 Å². The first kappa shape index (κ1) is 69.8. The second-order valence-electron chi connectivity index (χ2n) is 22.8. The van der Waals surface area contributed by atoms with Gasteiger partial charge in [0.15, 0.2) is 49.2 Å². The quantitative estimate of drug-likeness (QED) is 0.0249. The minimum Gasteiger partial charge on any atom is -0.459 e. The highest BCUT2D eigenvalue weighted by Crippen LogP contribution is 2.36. The number of carbonyl (C=O) groups excluding carboxylic acids is 7. The zero-order valence-corrected chi connectivity index (χ0v) is 54.6. The van der Waals surface area contributed by atoms with Crippen LogP contribution in [0.2, 0.25) is 0 Å². The average Bonchev–Trinajstić information content (AvgIpc) is 0.775.